The van der Waals surface area contributed by atoms with Crippen LogP contribution in [0.2, 0.25) is 0 Å². The molecule has 0 radical (unpaired) electrons. The highest BCUT2D eigenvalue weighted by atomic mass is 32.2. The van der Waals surface area contributed by atoms with Crippen LogP contribution in [-0.4, -0.2) is 42.2 Å². The first-order chi connectivity index (χ1) is 12.3. The lowest BCUT2D eigenvalue weighted by molar-refractivity contribution is 0.0953. The number of benzene rings is 1. The first kappa shape index (κ1) is 17.6. The Hall–Kier alpha value is -2.21. The van der Waals surface area contributed by atoms with Crippen molar-refractivity contribution in [3.63, 3.8) is 0 Å². The number of carbonyl (C=O) groups is 1. The Morgan fingerprint density at radius 2 is 2.24 bits per heavy atom. The van der Waals surface area contributed by atoms with E-state index < -0.39 is 0 Å². The lowest BCUT2D eigenvalue weighted by atomic mass is 10.1. The van der Waals surface area contributed by atoms with Gasteiger partial charge in [-0.15, -0.1) is 0 Å². The number of carbonyl (C=O) groups excluding carboxylic acids is 1. The minimum Gasteiger partial charge on any atom is -0.496 e. The number of methoxy groups -OCH3 is 1. The van der Waals surface area contributed by atoms with E-state index in [1.165, 1.54) is 0 Å². The highest BCUT2D eigenvalue weighted by molar-refractivity contribution is 7.99. The highest BCUT2D eigenvalue weighted by Gasteiger charge is 2.18. The lowest BCUT2D eigenvalue weighted by Gasteiger charge is -2.12. The number of amides is 1. The number of nitrogens with zero attached hydrogens (tertiary/aromatic N) is 1. The predicted molar refractivity (Wildman–Crippen MR) is 99.6 cm³/mol. The summed E-state index contributed by atoms with van der Waals surface area (Å²) in [6.45, 7) is 0.539. The Bertz CT molecular complexity index is 717. The van der Waals surface area contributed by atoms with Gasteiger partial charge in [0.2, 0.25) is 5.88 Å². The lowest BCUT2D eigenvalue weighted by Crippen LogP contribution is -2.26. The van der Waals surface area contributed by atoms with Crippen LogP contribution in [0.25, 0.3) is 0 Å². The second-order valence-electron chi connectivity index (χ2n) is 5.80. The van der Waals surface area contributed by atoms with Crippen molar-refractivity contribution in [3.8, 4) is 11.6 Å². The van der Waals surface area contributed by atoms with Gasteiger partial charge in [0.25, 0.3) is 5.91 Å². The summed E-state index contributed by atoms with van der Waals surface area (Å²) in [7, 11) is 1.65. The van der Waals surface area contributed by atoms with E-state index in [1.807, 2.05) is 36.0 Å². The van der Waals surface area contributed by atoms with E-state index >= 15 is 0 Å². The summed E-state index contributed by atoms with van der Waals surface area (Å²) < 4.78 is 11.2. The molecule has 132 valence electrons. The standard InChI is InChI=1S/C19H22N2O3S/c1-23-17-5-3-2-4-14(17)6-10-21-19(22)15-7-9-20-18(12-15)24-16-8-11-25-13-16/h2-5,7,9,12,16H,6,8,10-11,13H2,1H3,(H,21,22). The third kappa shape index (κ3) is 4.89. The molecule has 0 bridgehead atoms. The second kappa shape index (κ2) is 8.76. The summed E-state index contributed by atoms with van der Waals surface area (Å²) in [6.07, 6.45) is 3.55. The third-order valence-corrected chi connectivity index (χ3v) is 5.18. The average molecular weight is 358 g/mol. The molecule has 1 aromatic heterocycles. The Morgan fingerprint density at radius 1 is 1.36 bits per heavy atom. The normalized spacial score (nSPS) is 16.4. The predicted octanol–water partition coefficient (Wildman–Crippen LogP) is 2.95. The van der Waals surface area contributed by atoms with Gasteiger partial charge in [-0.3, -0.25) is 4.79 Å². The van der Waals surface area contributed by atoms with E-state index in [4.69, 9.17) is 9.47 Å². The van der Waals surface area contributed by atoms with Gasteiger partial charge >= 0.3 is 0 Å². The number of para-hydroxylation sites is 1. The number of aromatic nitrogens is 1. The SMILES string of the molecule is COc1ccccc1CCNC(=O)c1ccnc(OC2CCSC2)c1. The van der Waals surface area contributed by atoms with Gasteiger partial charge in [0.05, 0.1) is 7.11 Å². The monoisotopic (exact) mass is 358 g/mol. The first-order valence-electron chi connectivity index (χ1n) is 8.37. The van der Waals surface area contributed by atoms with Crippen molar-refractivity contribution in [3.05, 3.63) is 53.7 Å². The molecule has 0 saturated carbocycles. The topological polar surface area (TPSA) is 60.5 Å². The van der Waals surface area contributed by atoms with Crippen LogP contribution < -0.4 is 14.8 Å². The van der Waals surface area contributed by atoms with Crippen molar-refractivity contribution in [2.75, 3.05) is 25.2 Å². The van der Waals surface area contributed by atoms with E-state index in [0.717, 1.165) is 29.2 Å². The van der Waals surface area contributed by atoms with Gasteiger partial charge in [-0.2, -0.15) is 11.8 Å². The van der Waals surface area contributed by atoms with E-state index in [-0.39, 0.29) is 12.0 Å². The minimum atomic E-state index is -0.122. The first-order valence-corrected chi connectivity index (χ1v) is 9.52. The molecular formula is C19H22N2O3S. The van der Waals surface area contributed by atoms with Crippen molar-refractivity contribution in [2.24, 2.45) is 0 Å². The summed E-state index contributed by atoms with van der Waals surface area (Å²) in [6, 6.07) is 11.2. The van der Waals surface area contributed by atoms with Gasteiger partial charge in [0.15, 0.2) is 0 Å². The minimum absolute atomic E-state index is 0.122. The number of ether oxygens (including phenoxy) is 2. The fourth-order valence-electron chi connectivity index (χ4n) is 2.71. The van der Waals surface area contributed by atoms with Gasteiger partial charge in [0, 0.05) is 30.1 Å². The summed E-state index contributed by atoms with van der Waals surface area (Å²) in [5.74, 6) is 3.34. The van der Waals surface area contributed by atoms with Crippen LogP contribution in [0, 0.1) is 0 Å². The summed E-state index contributed by atoms with van der Waals surface area (Å²) >= 11 is 1.88. The smallest absolute Gasteiger partial charge is 0.251 e. The molecule has 1 fully saturated rings. The van der Waals surface area contributed by atoms with Crippen LogP contribution in [0.4, 0.5) is 0 Å². The number of nitrogens with one attached hydrogen (secondary N) is 1. The molecule has 2 aromatic rings. The highest BCUT2D eigenvalue weighted by Crippen LogP contribution is 2.22. The average Bonchev–Trinajstić information content (AvgIpc) is 3.15. The zero-order chi connectivity index (χ0) is 17.5. The van der Waals surface area contributed by atoms with Gasteiger partial charge < -0.3 is 14.8 Å². The second-order valence-corrected chi connectivity index (χ2v) is 6.95. The molecule has 0 aliphatic carbocycles. The summed E-state index contributed by atoms with van der Waals surface area (Å²) in [5.41, 5.74) is 1.64. The molecule has 1 aliphatic heterocycles. The summed E-state index contributed by atoms with van der Waals surface area (Å²) in [4.78, 5) is 16.6. The fraction of sp³-hybridized carbons (Fsp3) is 0.368. The van der Waals surface area contributed by atoms with Crippen LogP contribution in [0.15, 0.2) is 42.6 Å². The van der Waals surface area contributed by atoms with Crippen molar-refractivity contribution >= 4 is 17.7 Å². The van der Waals surface area contributed by atoms with E-state index in [9.17, 15) is 4.79 Å². The molecule has 2 heterocycles. The molecule has 1 aliphatic rings. The molecule has 0 spiro atoms. The number of hydrogen-bond acceptors (Lipinski definition) is 5. The van der Waals surface area contributed by atoms with Crippen molar-refractivity contribution in [1.29, 1.82) is 0 Å². The van der Waals surface area contributed by atoms with Crippen LogP contribution in [-0.2, 0) is 6.42 Å². The molecule has 5 nitrogen and oxygen atoms in total. The molecule has 1 aromatic carbocycles. The van der Waals surface area contributed by atoms with Crippen LogP contribution in [0.1, 0.15) is 22.3 Å². The molecule has 3 rings (SSSR count). The summed E-state index contributed by atoms with van der Waals surface area (Å²) in [5, 5.41) is 2.94. The van der Waals surface area contributed by atoms with Gasteiger partial charge in [-0.25, -0.2) is 4.98 Å². The van der Waals surface area contributed by atoms with Crippen LogP contribution in [0.3, 0.4) is 0 Å². The van der Waals surface area contributed by atoms with Gasteiger partial charge in [-0.05, 0) is 36.3 Å². The van der Waals surface area contributed by atoms with Crippen molar-refractivity contribution in [1.82, 2.24) is 10.3 Å². The van der Waals surface area contributed by atoms with Crippen LogP contribution in [0.5, 0.6) is 11.6 Å². The van der Waals surface area contributed by atoms with Crippen molar-refractivity contribution < 1.29 is 14.3 Å². The zero-order valence-electron chi connectivity index (χ0n) is 14.2. The van der Waals surface area contributed by atoms with E-state index in [1.54, 1.807) is 25.4 Å². The maximum absolute atomic E-state index is 12.3. The van der Waals surface area contributed by atoms with Crippen LogP contribution >= 0.6 is 11.8 Å². The Labute approximate surface area is 152 Å². The van der Waals surface area contributed by atoms with E-state index in [2.05, 4.69) is 10.3 Å². The molecule has 25 heavy (non-hydrogen) atoms. The van der Waals surface area contributed by atoms with Crippen molar-refractivity contribution in [2.45, 2.75) is 18.9 Å². The third-order valence-electron chi connectivity index (χ3n) is 4.04. The maximum Gasteiger partial charge on any atom is 0.251 e. The maximum atomic E-state index is 12.3. The number of hydrogen-bond donors (Lipinski definition) is 1. The molecule has 1 amide bonds. The quantitative estimate of drug-likeness (QED) is 0.825. The molecule has 6 heteroatoms. The largest absolute Gasteiger partial charge is 0.496 e. The Kier molecular flexibility index (Phi) is 6.17. The number of rotatable bonds is 7. The Balaban J connectivity index is 1.54. The molecule has 1 atom stereocenters. The van der Waals surface area contributed by atoms with Gasteiger partial charge in [-0.1, -0.05) is 18.2 Å². The molecular weight excluding hydrogens is 336 g/mol. The number of pyridine rings is 1. The Morgan fingerprint density at radius 3 is 3.04 bits per heavy atom. The fourth-order valence-corrected chi connectivity index (χ4v) is 3.81. The van der Waals surface area contributed by atoms with Gasteiger partial charge in [0.1, 0.15) is 11.9 Å². The zero-order valence-corrected chi connectivity index (χ0v) is 15.1. The molecule has 1 unspecified atom stereocenters. The van der Waals surface area contributed by atoms with E-state index in [0.29, 0.717) is 24.4 Å². The molecule has 1 N–H and O–H groups in total. The molecule has 1 saturated heterocycles. The number of thioether (sulfide) groups is 1.